The Bertz CT molecular complexity index is 585. The first-order valence-electron chi connectivity index (χ1n) is 7.11. The van der Waals surface area contributed by atoms with Crippen molar-refractivity contribution in [1.29, 1.82) is 0 Å². The molecule has 22 heavy (non-hydrogen) atoms. The smallest absolute Gasteiger partial charge is 0.289 e. The molecule has 0 aromatic carbocycles. The number of halogens is 1. The molecule has 0 saturated heterocycles. The van der Waals surface area contributed by atoms with Gasteiger partial charge in [-0.15, -0.1) is 0 Å². The van der Waals surface area contributed by atoms with Gasteiger partial charge in [0, 0.05) is 26.7 Å². The van der Waals surface area contributed by atoms with E-state index in [1.54, 1.807) is 19.0 Å². The van der Waals surface area contributed by atoms with Gasteiger partial charge in [0.1, 0.15) is 12.0 Å². The fraction of sp³-hybridized carbons (Fsp3) is 0.571. The van der Waals surface area contributed by atoms with Crippen LogP contribution in [0.5, 0.6) is 0 Å². The molecule has 1 fully saturated rings. The fourth-order valence-corrected chi connectivity index (χ4v) is 3.13. The number of aromatic nitrogens is 1. The Kier molecular flexibility index (Phi) is 4.85. The van der Waals surface area contributed by atoms with Crippen molar-refractivity contribution in [2.75, 3.05) is 26.0 Å². The van der Waals surface area contributed by atoms with Crippen molar-refractivity contribution >= 4 is 29.0 Å². The maximum absolute atomic E-state index is 12.5. The highest BCUT2D eigenvalue weighted by molar-refractivity contribution is 6.33. The van der Waals surface area contributed by atoms with Crippen molar-refractivity contribution in [3.8, 4) is 0 Å². The molecule has 7 nitrogen and oxygen atoms in total. The van der Waals surface area contributed by atoms with Gasteiger partial charge in [-0.05, 0) is 12.8 Å². The van der Waals surface area contributed by atoms with Crippen molar-refractivity contribution in [2.45, 2.75) is 25.7 Å². The summed E-state index contributed by atoms with van der Waals surface area (Å²) in [6.45, 7) is 0.425. The van der Waals surface area contributed by atoms with Gasteiger partial charge < -0.3 is 10.2 Å². The standard InChI is InChI=1S/C14H19ClN4O3/c1-18(2)13(20)14(5-3-4-6-14)9-17-12-11(15)7-10(8-16-12)19(21)22/h7-8H,3-6,9H2,1-2H3,(H,16,17). The van der Waals surface area contributed by atoms with E-state index in [-0.39, 0.29) is 16.6 Å². The minimum atomic E-state index is -0.545. The molecule has 1 aromatic rings. The molecule has 120 valence electrons. The number of carbonyl (C=O) groups is 1. The van der Waals surface area contributed by atoms with Crippen molar-refractivity contribution in [2.24, 2.45) is 5.41 Å². The maximum atomic E-state index is 12.5. The molecule has 0 bridgehead atoms. The van der Waals surface area contributed by atoms with Crippen LogP contribution in [0, 0.1) is 15.5 Å². The van der Waals surface area contributed by atoms with E-state index in [2.05, 4.69) is 10.3 Å². The van der Waals surface area contributed by atoms with Gasteiger partial charge in [0.2, 0.25) is 5.91 Å². The summed E-state index contributed by atoms with van der Waals surface area (Å²) in [5.74, 6) is 0.459. The zero-order chi connectivity index (χ0) is 16.3. The SMILES string of the molecule is CN(C)C(=O)C1(CNc2ncc([N+](=O)[O-])cc2Cl)CCCC1. The van der Waals surface area contributed by atoms with Crippen molar-refractivity contribution < 1.29 is 9.72 Å². The summed E-state index contributed by atoms with van der Waals surface area (Å²) < 4.78 is 0. The van der Waals surface area contributed by atoms with Crippen LogP contribution in [0.1, 0.15) is 25.7 Å². The molecule has 1 N–H and O–H groups in total. The Hall–Kier alpha value is -1.89. The monoisotopic (exact) mass is 326 g/mol. The Morgan fingerprint density at radius 1 is 1.50 bits per heavy atom. The summed E-state index contributed by atoms with van der Waals surface area (Å²) in [6, 6.07) is 1.26. The van der Waals surface area contributed by atoms with E-state index in [0.29, 0.717) is 12.4 Å². The van der Waals surface area contributed by atoms with E-state index in [1.807, 2.05) is 0 Å². The lowest BCUT2D eigenvalue weighted by atomic mass is 9.84. The number of nitro groups is 1. The summed E-state index contributed by atoms with van der Waals surface area (Å²) in [5, 5.41) is 13.9. The number of anilines is 1. The number of pyridine rings is 1. The van der Waals surface area contributed by atoms with E-state index < -0.39 is 10.3 Å². The largest absolute Gasteiger partial charge is 0.368 e. The molecule has 0 unspecified atom stereocenters. The first kappa shape index (κ1) is 16.5. The molecule has 1 aliphatic carbocycles. The normalized spacial score (nSPS) is 16.3. The zero-order valence-corrected chi connectivity index (χ0v) is 13.4. The topological polar surface area (TPSA) is 88.4 Å². The summed E-state index contributed by atoms with van der Waals surface area (Å²) in [4.78, 5) is 28.2. The van der Waals surface area contributed by atoms with Gasteiger partial charge in [0.25, 0.3) is 5.69 Å². The average molecular weight is 327 g/mol. The third kappa shape index (κ3) is 3.30. The highest BCUT2D eigenvalue weighted by Crippen LogP contribution is 2.40. The van der Waals surface area contributed by atoms with E-state index >= 15 is 0 Å². The number of hydrogen-bond donors (Lipinski definition) is 1. The minimum absolute atomic E-state index is 0.0931. The first-order chi connectivity index (χ1) is 10.4. The highest BCUT2D eigenvalue weighted by Gasteiger charge is 2.42. The Morgan fingerprint density at radius 3 is 2.64 bits per heavy atom. The quantitative estimate of drug-likeness (QED) is 0.664. The number of nitrogens with zero attached hydrogens (tertiary/aromatic N) is 3. The predicted molar refractivity (Wildman–Crippen MR) is 84.0 cm³/mol. The van der Waals surface area contributed by atoms with Crippen LogP contribution in [0.4, 0.5) is 11.5 Å². The van der Waals surface area contributed by atoms with Gasteiger partial charge in [-0.3, -0.25) is 14.9 Å². The molecule has 0 aliphatic heterocycles. The molecular weight excluding hydrogens is 308 g/mol. The molecule has 1 amide bonds. The van der Waals surface area contributed by atoms with Crippen LogP contribution in [0.2, 0.25) is 5.02 Å². The van der Waals surface area contributed by atoms with Gasteiger partial charge in [-0.1, -0.05) is 24.4 Å². The lowest BCUT2D eigenvalue weighted by Crippen LogP contribution is -2.43. The van der Waals surface area contributed by atoms with Crippen LogP contribution in [-0.4, -0.2) is 41.4 Å². The Labute approximate surface area is 133 Å². The molecule has 1 aromatic heterocycles. The molecular formula is C14H19ClN4O3. The third-order valence-electron chi connectivity index (χ3n) is 4.05. The molecule has 0 atom stereocenters. The van der Waals surface area contributed by atoms with E-state index in [9.17, 15) is 14.9 Å². The molecule has 0 radical (unpaired) electrons. The number of carbonyl (C=O) groups excluding carboxylic acids is 1. The second-order valence-electron chi connectivity index (χ2n) is 5.82. The average Bonchev–Trinajstić information content (AvgIpc) is 2.94. The van der Waals surface area contributed by atoms with Crippen LogP contribution >= 0.6 is 11.6 Å². The van der Waals surface area contributed by atoms with Crippen LogP contribution in [-0.2, 0) is 4.79 Å². The minimum Gasteiger partial charge on any atom is -0.368 e. The predicted octanol–water partition coefficient (Wildman–Crippen LogP) is 2.70. The lowest BCUT2D eigenvalue weighted by molar-refractivity contribution is -0.385. The molecule has 1 saturated carbocycles. The summed E-state index contributed by atoms with van der Waals surface area (Å²) in [7, 11) is 3.50. The first-order valence-corrected chi connectivity index (χ1v) is 7.49. The molecule has 2 rings (SSSR count). The summed E-state index contributed by atoms with van der Waals surface area (Å²) >= 11 is 6.02. The lowest BCUT2D eigenvalue weighted by Gasteiger charge is -2.31. The number of nitrogens with one attached hydrogen (secondary N) is 1. The van der Waals surface area contributed by atoms with Crippen molar-refractivity contribution in [3.63, 3.8) is 0 Å². The van der Waals surface area contributed by atoms with Crippen molar-refractivity contribution in [1.82, 2.24) is 9.88 Å². The summed E-state index contributed by atoms with van der Waals surface area (Å²) in [5.41, 5.74) is -0.605. The van der Waals surface area contributed by atoms with Gasteiger partial charge in [0.05, 0.1) is 15.4 Å². The van der Waals surface area contributed by atoms with Crippen LogP contribution in [0.3, 0.4) is 0 Å². The second kappa shape index (κ2) is 6.48. The molecule has 1 heterocycles. The van der Waals surface area contributed by atoms with Gasteiger partial charge >= 0.3 is 0 Å². The van der Waals surface area contributed by atoms with E-state index in [4.69, 9.17) is 11.6 Å². The van der Waals surface area contributed by atoms with Crippen LogP contribution < -0.4 is 5.32 Å². The summed E-state index contributed by atoms with van der Waals surface area (Å²) in [6.07, 6.45) is 4.83. The zero-order valence-electron chi connectivity index (χ0n) is 12.6. The van der Waals surface area contributed by atoms with E-state index in [1.165, 1.54) is 6.07 Å². The maximum Gasteiger partial charge on any atom is 0.289 e. The third-order valence-corrected chi connectivity index (χ3v) is 4.34. The number of rotatable bonds is 5. The molecule has 8 heteroatoms. The van der Waals surface area contributed by atoms with Gasteiger partial charge in [-0.2, -0.15) is 0 Å². The number of hydrogen-bond acceptors (Lipinski definition) is 5. The Morgan fingerprint density at radius 2 is 2.14 bits per heavy atom. The van der Waals surface area contributed by atoms with Crippen LogP contribution in [0.25, 0.3) is 0 Å². The fourth-order valence-electron chi connectivity index (χ4n) is 2.90. The molecule has 1 aliphatic rings. The highest BCUT2D eigenvalue weighted by atomic mass is 35.5. The van der Waals surface area contributed by atoms with Crippen molar-refractivity contribution in [3.05, 3.63) is 27.4 Å². The van der Waals surface area contributed by atoms with E-state index in [0.717, 1.165) is 31.9 Å². The van der Waals surface area contributed by atoms with Gasteiger partial charge in [-0.25, -0.2) is 4.98 Å². The van der Waals surface area contributed by atoms with Crippen LogP contribution in [0.15, 0.2) is 12.3 Å². The van der Waals surface area contributed by atoms with Gasteiger partial charge in [0.15, 0.2) is 0 Å². The Balaban J connectivity index is 2.13. The second-order valence-corrected chi connectivity index (χ2v) is 6.23. The number of amides is 1. The molecule has 0 spiro atoms.